The van der Waals surface area contributed by atoms with E-state index in [9.17, 15) is 0 Å². The van der Waals surface area contributed by atoms with Crippen molar-refractivity contribution in [2.24, 2.45) is 17.3 Å². The fourth-order valence-corrected chi connectivity index (χ4v) is 4.22. The summed E-state index contributed by atoms with van der Waals surface area (Å²) in [4.78, 5) is 0. The standard InChI is InChI=1S/C15H19BrO/c1-17-14-5-3-2-4-11(14)7-15(10-16)8-12-6-13(12)9-15/h2-5,12-13H,6-10H2,1H3. The number of rotatable bonds is 4. The molecule has 0 amide bonds. The molecule has 17 heavy (non-hydrogen) atoms. The first kappa shape index (κ1) is 11.6. The van der Waals surface area contributed by atoms with Crippen LogP contribution in [0.25, 0.3) is 0 Å². The minimum Gasteiger partial charge on any atom is -0.496 e. The van der Waals surface area contributed by atoms with Crippen molar-refractivity contribution >= 4 is 15.9 Å². The summed E-state index contributed by atoms with van der Waals surface area (Å²) in [7, 11) is 1.77. The highest BCUT2D eigenvalue weighted by molar-refractivity contribution is 9.09. The van der Waals surface area contributed by atoms with Gasteiger partial charge in [0.05, 0.1) is 7.11 Å². The number of methoxy groups -OCH3 is 1. The minimum absolute atomic E-state index is 0.488. The Balaban J connectivity index is 1.81. The van der Waals surface area contributed by atoms with E-state index in [-0.39, 0.29) is 0 Å². The number of fused-ring (bicyclic) bond motifs is 1. The molecule has 2 fully saturated rings. The van der Waals surface area contributed by atoms with Crippen molar-refractivity contribution in [1.82, 2.24) is 0 Å². The number of hydrogen-bond acceptors (Lipinski definition) is 1. The first-order valence-corrected chi connectivity index (χ1v) is 7.56. The SMILES string of the molecule is COc1ccccc1CC1(CBr)CC2CC2C1. The third-order valence-electron chi connectivity index (χ3n) is 4.50. The van der Waals surface area contributed by atoms with Gasteiger partial charge in [-0.2, -0.15) is 0 Å². The number of benzene rings is 1. The Bertz CT molecular complexity index is 405. The highest BCUT2D eigenvalue weighted by atomic mass is 79.9. The molecule has 2 heteroatoms. The molecule has 2 saturated carbocycles. The van der Waals surface area contributed by atoms with Gasteiger partial charge in [0.2, 0.25) is 0 Å². The smallest absolute Gasteiger partial charge is 0.122 e. The number of ether oxygens (including phenoxy) is 1. The molecular weight excluding hydrogens is 276 g/mol. The van der Waals surface area contributed by atoms with E-state index in [1.165, 1.54) is 24.8 Å². The number of halogens is 1. The van der Waals surface area contributed by atoms with Gasteiger partial charge in [0, 0.05) is 5.33 Å². The van der Waals surface area contributed by atoms with Gasteiger partial charge in [0.1, 0.15) is 5.75 Å². The van der Waals surface area contributed by atoms with Crippen LogP contribution in [0, 0.1) is 17.3 Å². The number of hydrogen-bond donors (Lipinski definition) is 0. The second-order valence-electron chi connectivity index (χ2n) is 5.79. The van der Waals surface area contributed by atoms with Crippen LogP contribution in [-0.4, -0.2) is 12.4 Å². The van der Waals surface area contributed by atoms with Crippen LogP contribution in [-0.2, 0) is 6.42 Å². The monoisotopic (exact) mass is 294 g/mol. The Labute approximate surface area is 112 Å². The summed E-state index contributed by atoms with van der Waals surface area (Å²) >= 11 is 3.74. The highest BCUT2D eigenvalue weighted by Gasteiger charge is 2.53. The Morgan fingerprint density at radius 3 is 2.65 bits per heavy atom. The van der Waals surface area contributed by atoms with E-state index in [1.807, 2.05) is 0 Å². The largest absolute Gasteiger partial charge is 0.496 e. The van der Waals surface area contributed by atoms with Gasteiger partial charge in [-0.3, -0.25) is 0 Å². The summed E-state index contributed by atoms with van der Waals surface area (Å²) in [6, 6.07) is 8.46. The van der Waals surface area contributed by atoms with Gasteiger partial charge in [-0.05, 0) is 54.6 Å². The fourth-order valence-electron chi connectivity index (χ4n) is 3.56. The normalized spacial score (nSPS) is 34.5. The first-order valence-electron chi connectivity index (χ1n) is 6.44. The van der Waals surface area contributed by atoms with Crippen molar-refractivity contribution in [3.63, 3.8) is 0 Å². The van der Waals surface area contributed by atoms with Crippen LogP contribution in [0.2, 0.25) is 0 Å². The molecule has 2 atom stereocenters. The molecule has 0 heterocycles. The molecule has 0 saturated heterocycles. The van der Waals surface area contributed by atoms with E-state index in [0.717, 1.165) is 29.3 Å². The van der Waals surface area contributed by atoms with Gasteiger partial charge < -0.3 is 4.74 Å². The number of alkyl halides is 1. The molecule has 92 valence electrons. The van der Waals surface area contributed by atoms with Crippen LogP contribution < -0.4 is 4.74 Å². The fraction of sp³-hybridized carbons (Fsp3) is 0.600. The Hall–Kier alpha value is -0.500. The average Bonchev–Trinajstić information content (AvgIpc) is 2.98. The zero-order chi connectivity index (χ0) is 11.9. The quantitative estimate of drug-likeness (QED) is 0.761. The zero-order valence-electron chi connectivity index (χ0n) is 10.3. The molecule has 1 aromatic rings. The zero-order valence-corrected chi connectivity index (χ0v) is 11.9. The molecule has 1 nitrogen and oxygen atoms in total. The summed E-state index contributed by atoms with van der Waals surface area (Å²) < 4.78 is 5.47. The van der Waals surface area contributed by atoms with Crippen molar-refractivity contribution in [3.05, 3.63) is 29.8 Å². The predicted molar refractivity (Wildman–Crippen MR) is 73.8 cm³/mol. The van der Waals surface area contributed by atoms with Crippen LogP contribution in [0.5, 0.6) is 5.75 Å². The molecule has 0 bridgehead atoms. The van der Waals surface area contributed by atoms with Gasteiger partial charge in [0.25, 0.3) is 0 Å². The molecular formula is C15H19BrO. The predicted octanol–water partition coefficient (Wildman–Crippen LogP) is 4.05. The van der Waals surface area contributed by atoms with Crippen molar-refractivity contribution in [1.29, 1.82) is 0 Å². The lowest BCUT2D eigenvalue weighted by atomic mass is 9.79. The molecule has 2 aliphatic carbocycles. The second kappa shape index (κ2) is 4.31. The van der Waals surface area contributed by atoms with Crippen LogP contribution in [0.15, 0.2) is 24.3 Å². The molecule has 0 N–H and O–H groups in total. The average molecular weight is 295 g/mol. The van der Waals surface area contributed by atoms with Crippen molar-refractivity contribution in [3.8, 4) is 5.75 Å². The molecule has 2 aliphatic rings. The summed E-state index contributed by atoms with van der Waals surface area (Å²) in [6.07, 6.45) is 5.46. The molecule has 2 unspecified atom stereocenters. The lowest BCUT2D eigenvalue weighted by molar-refractivity contribution is 0.302. The third kappa shape index (κ3) is 2.12. The van der Waals surface area contributed by atoms with Gasteiger partial charge >= 0.3 is 0 Å². The molecule has 1 aromatic carbocycles. The third-order valence-corrected chi connectivity index (χ3v) is 5.69. The van der Waals surface area contributed by atoms with E-state index >= 15 is 0 Å². The maximum Gasteiger partial charge on any atom is 0.122 e. The molecule has 3 rings (SSSR count). The summed E-state index contributed by atoms with van der Waals surface area (Å²) in [5.41, 5.74) is 1.86. The van der Waals surface area contributed by atoms with Gasteiger partial charge in [-0.1, -0.05) is 34.1 Å². The first-order chi connectivity index (χ1) is 8.26. The molecule has 0 spiro atoms. The maximum atomic E-state index is 5.47. The van der Waals surface area contributed by atoms with Crippen molar-refractivity contribution in [2.45, 2.75) is 25.7 Å². The maximum absolute atomic E-state index is 5.47. The van der Waals surface area contributed by atoms with Gasteiger partial charge in [-0.25, -0.2) is 0 Å². The molecule has 0 radical (unpaired) electrons. The van der Waals surface area contributed by atoms with Crippen LogP contribution in [0.4, 0.5) is 0 Å². The molecule has 0 aromatic heterocycles. The van der Waals surface area contributed by atoms with Crippen molar-refractivity contribution < 1.29 is 4.74 Å². The van der Waals surface area contributed by atoms with E-state index in [2.05, 4.69) is 40.2 Å². The van der Waals surface area contributed by atoms with Crippen LogP contribution in [0.3, 0.4) is 0 Å². The van der Waals surface area contributed by atoms with Crippen LogP contribution in [0.1, 0.15) is 24.8 Å². The van der Waals surface area contributed by atoms with Crippen molar-refractivity contribution in [2.75, 3.05) is 12.4 Å². The van der Waals surface area contributed by atoms with E-state index in [4.69, 9.17) is 4.74 Å². The lowest BCUT2D eigenvalue weighted by Crippen LogP contribution is -2.24. The van der Waals surface area contributed by atoms with Gasteiger partial charge in [0.15, 0.2) is 0 Å². The van der Waals surface area contributed by atoms with E-state index in [0.29, 0.717) is 5.41 Å². The molecule has 0 aliphatic heterocycles. The van der Waals surface area contributed by atoms with Crippen LogP contribution >= 0.6 is 15.9 Å². The summed E-state index contributed by atoms with van der Waals surface area (Å²) in [5, 5.41) is 1.13. The van der Waals surface area contributed by atoms with Gasteiger partial charge in [-0.15, -0.1) is 0 Å². The highest BCUT2D eigenvalue weighted by Crippen LogP contribution is 2.61. The Kier molecular flexibility index (Phi) is 2.94. The number of para-hydroxylation sites is 1. The Morgan fingerprint density at radius 1 is 1.29 bits per heavy atom. The Morgan fingerprint density at radius 2 is 2.00 bits per heavy atom. The topological polar surface area (TPSA) is 9.23 Å². The van der Waals surface area contributed by atoms with E-state index < -0.39 is 0 Å². The second-order valence-corrected chi connectivity index (χ2v) is 6.35. The minimum atomic E-state index is 0.488. The summed E-state index contributed by atoms with van der Waals surface area (Å²) in [5.74, 6) is 3.11. The summed E-state index contributed by atoms with van der Waals surface area (Å²) in [6.45, 7) is 0. The van der Waals surface area contributed by atoms with E-state index in [1.54, 1.807) is 7.11 Å². The lowest BCUT2D eigenvalue weighted by Gasteiger charge is -2.29.